The van der Waals surface area contributed by atoms with Gasteiger partial charge in [0.25, 0.3) is 0 Å². The quantitative estimate of drug-likeness (QED) is 0.735. The van der Waals surface area contributed by atoms with Crippen molar-refractivity contribution in [2.24, 2.45) is 11.7 Å². The summed E-state index contributed by atoms with van der Waals surface area (Å²) in [7, 11) is 0. The molecule has 0 aliphatic heterocycles. The first-order valence-corrected chi connectivity index (χ1v) is 9.65. The predicted molar refractivity (Wildman–Crippen MR) is 105 cm³/mol. The van der Waals surface area contributed by atoms with Crippen molar-refractivity contribution in [3.05, 3.63) is 53.2 Å². The number of fused-ring (bicyclic) bond motifs is 1. The minimum absolute atomic E-state index is 0.0560. The van der Waals surface area contributed by atoms with Gasteiger partial charge in [-0.05, 0) is 74.8 Å². The summed E-state index contributed by atoms with van der Waals surface area (Å²) in [5.74, 6) is 1.01. The van der Waals surface area contributed by atoms with E-state index in [-0.39, 0.29) is 12.1 Å². The highest BCUT2D eigenvalue weighted by atomic mass is 16.5. The van der Waals surface area contributed by atoms with Gasteiger partial charge in [-0.15, -0.1) is 0 Å². The Morgan fingerprint density at radius 2 is 2.04 bits per heavy atom. The number of nitrogens with two attached hydrogens (primary N) is 1. The van der Waals surface area contributed by atoms with Gasteiger partial charge in [-0.25, -0.2) is 4.98 Å². The number of primary amides is 1. The third-order valence-electron chi connectivity index (χ3n) is 4.88. The first-order chi connectivity index (χ1) is 13.4. The Labute approximate surface area is 165 Å². The van der Waals surface area contributed by atoms with E-state index in [0.717, 1.165) is 31.4 Å². The van der Waals surface area contributed by atoms with Gasteiger partial charge in [-0.1, -0.05) is 6.07 Å². The second-order valence-electron chi connectivity index (χ2n) is 7.47. The molecule has 28 heavy (non-hydrogen) atoms. The summed E-state index contributed by atoms with van der Waals surface area (Å²) in [5, 5.41) is 0. The van der Waals surface area contributed by atoms with Gasteiger partial charge in [0.1, 0.15) is 5.75 Å². The van der Waals surface area contributed by atoms with Gasteiger partial charge in [0.15, 0.2) is 0 Å². The standard InChI is InChI=1S/C22H26N2O4/c1-14(2)27-21(25)10-4-15-3-5-17-12-19(8-6-16(17)11-15)28-20-9-7-18(13-24-20)22(23)26/h6-9,12-15H,3-5,10-11H2,1-2H3,(H2,23,26). The van der Waals surface area contributed by atoms with Gasteiger partial charge in [0.05, 0.1) is 11.7 Å². The minimum atomic E-state index is -0.514. The second kappa shape index (κ2) is 8.87. The first kappa shape index (κ1) is 19.9. The van der Waals surface area contributed by atoms with Gasteiger partial charge >= 0.3 is 5.97 Å². The summed E-state index contributed by atoms with van der Waals surface area (Å²) in [4.78, 5) is 27.0. The summed E-state index contributed by atoms with van der Waals surface area (Å²) in [5.41, 5.74) is 8.14. The van der Waals surface area contributed by atoms with Crippen LogP contribution in [0.5, 0.6) is 11.6 Å². The van der Waals surface area contributed by atoms with Crippen LogP contribution in [0.2, 0.25) is 0 Å². The van der Waals surface area contributed by atoms with E-state index in [9.17, 15) is 9.59 Å². The van der Waals surface area contributed by atoms with Gasteiger partial charge in [0, 0.05) is 18.7 Å². The summed E-state index contributed by atoms with van der Waals surface area (Å²) in [6.07, 6.45) is 5.67. The van der Waals surface area contributed by atoms with Crippen LogP contribution in [0, 0.1) is 5.92 Å². The second-order valence-corrected chi connectivity index (χ2v) is 7.47. The lowest BCUT2D eigenvalue weighted by Crippen LogP contribution is -2.17. The number of hydrogen-bond acceptors (Lipinski definition) is 5. The van der Waals surface area contributed by atoms with Gasteiger partial charge < -0.3 is 15.2 Å². The summed E-state index contributed by atoms with van der Waals surface area (Å²) >= 11 is 0. The molecule has 148 valence electrons. The Morgan fingerprint density at radius 1 is 1.21 bits per heavy atom. The fraction of sp³-hybridized carbons (Fsp3) is 0.409. The summed E-state index contributed by atoms with van der Waals surface area (Å²) < 4.78 is 11.0. The third kappa shape index (κ3) is 5.31. The monoisotopic (exact) mass is 382 g/mol. The molecule has 0 saturated heterocycles. The fourth-order valence-electron chi connectivity index (χ4n) is 3.47. The third-order valence-corrected chi connectivity index (χ3v) is 4.88. The van der Waals surface area contributed by atoms with E-state index in [0.29, 0.717) is 23.8 Å². The van der Waals surface area contributed by atoms with Crippen LogP contribution in [0.4, 0.5) is 0 Å². The molecule has 1 heterocycles. The zero-order chi connectivity index (χ0) is 20.1. The number of rotatable bonds is 7. The van der Waals surface area contributed by atoms with Crippen LogP contribution in [0.1, 0.15) is 54.6 Å². The van der Waals surface area contributed by atoms with Crippen LogP contribution in [0.15, 0.2) is 36.5 Å². The highest BCUT2D eigenvalue weighted by molar-refractivity contribution is 5.92. The van der Waals surface area contributed by atoms with Gasteiger partial charge in [0.2, 0.25) is 11.8 Å². The van der Waals surface area contributed by atoms with Crippen LogP contribution in [-0.2, 0) is 22.4 Å². The Morgan fingerprint density at radius 3 is 2.71 bits per heavy atom. The maximum absolute atomic E-state index is 11.7. The molecule has 6 heteroatoms. The topological polar surface area (TPSA) is 91.5 Å². The maximum Gasteiger partial charge on any atom is 0.306 e. The van der Waals surface area contributed by atoms with Crippen LogP contribution >= 0.6 is 0 Å². The Balaban J connectivity index is 1.57. The average molecular weight is 382 g/mol. The van der Waals surface area contributed by atoms with Crippen molar-refractivity contribution in [1.29, 1.82) is 0 Å². The van der Waals surface area contributed by atoms with Crippen LogP contribution in [0.25, 0.3) is 0 Å². The van der Waals surface area contributed by atoms with Crippen LogP contribution in [0.3, 0.4) is 0 Å². The molecule has 0 fully saturated rings. The van der Waals surface area contributed by atoms with Crippen molar-refractivity contribution in [1.82, 2.24) is 4.98 Å². The molecule has 0 spiro atoms. The molecule has 1 unspecified atom stereocenters. The van der Waals surface area contributed by atoms with E-state index >= 15 is 0 Å². The number of esters is 1. The minimum Gasteiger partial charge on any atom is -0.463 e. The Hall–Kier alpha value is -2.89. The summed E-state index contributed by atoms with van der Waals surface area (Å²) in [6, 6.07) is 9.28. The van der Waals surface area contributed by atoms with Crippen molar-refractivity contribution < 1.29 is 19.1 Å². The Kier molecular flexibility index (Phi) is 6.29. The van der Waals surface area contributed by atoms with Crippen LogP contribution in [-0.4, -0.2) is 23.0 Å². The zero-order valence-corrected chi connectivity index (χ0v) is 16.3. The average Bonchev–Trinajstić information content (AvgIpc) is 2.66. The number of aromatic nitrogens is 1. The number of hydrogen-bond donors (Lipinski definition) is 1. The zero-order valence-electron chi connectivity index (χ0n) is 16.3. The lowest BCUT2D eigenvalue weighted by atomic mass is 9.81. The van der Waals surface area contributed by atoms with Crippen molar-refractivity contribution in [2.75, 3.05) is 0 Å². The maximum atomic E-state index is 11.7. The molecule has 3 rings (SSSR count). The number of ether oxygens (including phenoxy) is 2. The smallest absolute Gasteiger partial charge is 0.306 e. The molecule has 1 aromatic carbocycles. The van der Waals surface area contributed by atoms with Crippen molar-refractivity contribution in [3.8, 4) is 11.6 Å². The van der Waals surface area contributed by atoms with E-state index in [1.807, 2.05) is 26.0 Å². The van der Waals surface area contributed by atoms with Crippen molar-refractivity contribution >= 4 is 11.9 Å². The highest BCUT2D eigenvalue weighted by Crippen LogP contribution is 2.32. The molecular formula is C22H26N2O4. The number of pyridine rings is 1. The largest absolute Gasteiger partial charge is 0.463 e. The SMILES string of the molecule is CC(C)OC(=O)CCC1CCc2cc(Oc3ccc(C(N)=O)cn3)ccc2C1. The lowest BCUT2D eigenvalue weighted by molar-refractivity contribution is -0.147. The molecule has 0 bridgehead atoms. The van der Waals surface area contributed by atoms with Crippen molar-refractivity contribution in [3.63, 3.8) is 0 Å². The number of carbonyl (C=O) groups is 2. The molecule has 1 aliphatic carbocycles. The van der Waals surface area contributed by atoms with Gasteiger partial charge in [-0.3, -0.25) is 9.59 Å². The van der Waals surface area contributed by atoms with E-state index in [2.05, 4.69) is 11.1 Å². The molecular weight excluding hydrogens is 356 g/mol. The summed E-state index contributed by atoms with van der Waals surface area (Å²) in [6.45, 7) is 3.74. The number of amides is 1. The molecule has 1 amide bonds. The molecule has 6 nitrogen and oxygen atoms in total. The number of carbonyl (C=O) groups excluding carboxylic acids is 2. The van der Waals surface area contributed by atoms with E-state index in [1.165, 1.54) is 17.3 Å². The highest BCUT2D eigenvalue weighted by Gasteiger charge is 2.20. The predicted octanol–water partition coefficient (Wildman–Crippen LogP) is 3.81. The van der Waals surface area contributed by atoms with Gasteiger partial charge in [-0.2, -0.15) is 0 Å². The Bertz CT molecular complexity index is 846. The molecule has 1 aliphatic rings. The molecule has 0 radical (unpaired) electrons. The fourth-order valence-corrected chi connectivity index (χ4v) is 3.47. The number of nitrogens with zero attached hydrogens (tertiary/aromatic N) is 1. The molecule has 2 N–H and O–H groups in total. The molecule has 1 atom stereocenters. The number of aryl methyl sites for hydroxylation is 1. The number of benzene rings is 1. The molecule has 2 aromatic rings. The molecule has 1 aromatic heterocycles. The van der Waals surface area contributed by atoms with E-state index in [1.54, 1.807) is 12.1 Å². The first-order valence-electron chi connectivity index (χ1n) is 9.65. The normalized spacial score (nSPS) is 15.8. The van der Waals surface area contributed by atoms with E-state index in [4.69, 9.17) is 15.2 Å². The lowest BCUT2D eigenvalue weighted by Gasteiger charge is -2.25. The molecule has 0 saturated carbocycles. The van der Waals surface area contributed by atoms with E-state index < -0.39 is 5.91 Å². The van der Waals surface area contributed by atoms with Crippen molar-refractivity contribution in [2.45, 2.75) is 52.1 Å². The van der Waals surface area contributed by atoms with Crippen LogP contribution < -0.4 is 10.5 Å².